The molecule has 2 aromatic rings. The topological polar surface area (TPSA) is 79.3 Å². The van der Waals surface area contributed by atoms with E-state index in [-0.39, 0.29) is 17.4 Å². The highest BCUT2D eigenvalue weighted by molar-refractivity contribution is 6.46. The number of amides is 1. The summed E-state index contributed by atoms with van der Waals surface area (Å²) in [5, 5.41) is 11.2. The van der Waals surface area contributed by atoms with Crippen molar-refractivity contribution in [1.29, 1.82) is 0 Å². The van der Waals surface area contributed by atoms with E-state index in [9.17, 15) is 14.7 Å². The third kappa shape index (κ3) is 3.96. The summed E-state index contributed by atoms with van der Waals surface area (Å²) in [6.45, 7) is 2.94. The first-order valence-electron chi connectivity index (χ1n) is 10.7. The van der Waals surface area contributed by atoms with E-state index < -0.39 is 17.7 Å². The summed E-state index contributed by atoms with van der Waals surface area (Å²) < 4.78 is 11.0. The lowest BCUT2D eigenvalue weighted by molar-refractivity contribution is -0.140. The Labute approximate surface area is 187 Å². The number of aliphatic hydroxyl groups is 1. The van der Waals surface area contributed by atoms with Crippen molar-refractivity contribution in [3.8, 4) is 11.5 Å². The Morgan fingerprint density at radius 2 is 1.91 bits per heavy atom. The minimum atomic E-state index is -0.677. The number of nitrogens with zero attached hydrogens (tertiary/aromatic N) is 2. The van der Waals surface area contributed by atoms with Crippen molar-refractivity contribution in [2.75, 3.05) is 34.3 Å². The first-order valence-corrected chi connectivity index (χ1v) is 10.7. The van der Waals surface area contributed by atoms with Crippen LogP contribution in [0.25, 0.3) is 5.76 Å². The number of carbonyl (C=O) groups excluding carboxylic acids is 2. The number of ether oxygens (including phenoxy) is 2. The number of aliphatic hydroxyl groups excluding tert-OH is 1. The van der Waals surface area contributed by atoms with E-state index in [1.807, 2.05) is 44.1 Å². The quantitative estimate of drug-likeness (QED) is 0.426. The van der Waals surface area contributed by atoms with Crippen LogP contribution in [0.4, 0.5) is 0 Å². The Balaban J connectivity index is 1.80. The van der Waals surface area contributed by atoms with Gasteiger partial charge in [-0.1, -0.05) is 12.1 Å². The van der Waals surface area contributed by atoms with Crippen LogP contribution in [0.3, 0.4) is 0 Å². The maximum absolute atomic E-state index is 13.1. The molecule has 0 saturated carbocycles. The Kier molecular flexibility index (Phi) is 5.93. The van der Waals surface area contributed by atoms with Gasteiger partial charge in [-0.2, -0.15) is 0 Å². The first kappa shape index (κ1) is 21.9. The van der Waals surface area contributed by atoms with Crippen molar-refractivity contribution in [1.82, 2.24) is 9.80 Å². The predicted molar refractivity (Wildman–Crippen MR) is 121 cm³/mol. The van der Waals surface area contributed by atoms with Crippen molar-refractivity contribution in [3.63, 3.8) is 0 Å². The fraction of sp³-hybridized carbons (Fsp3) is 0.360. The molecule has 1 amide bonds. The molecule has 2 heterocycles. The normalized spacial score (nSPS) is 21.7. The number of fused-ring (bicyclic) bond motifs is 1. The second-order valence-electron chi connectivity index (χ2n) is 8.52. The van der Waals surface area contributed by atoms with Gasteiger partial charge in [-0.25, -0.2) is 0 Å². The van der Waals surface area contributed by atoms with E-state index in [0.717, 1.165) is 23.3 Å². The Bertz CT molecular complexity index is 1070. The van der Waals surface area contributed by atoms with Crippen molar-refractivity contribution >= 4 is 17.4 Å². The van der Waals surface area contributed by atoms with Gasteiger partial charge in [0.05, 0.1) is 18.7 Å². The molecule has 1 fully saturated rings. The van der Waals surface area contributed by atoms with Gasteiger partial charge in [0, 0.05) is 25.1 Å². The lowest BCUT2D eigenvalue weighted by Crippen LogP contribution is -2.35. The second-order valence-corrected chi connectivity index (χ2v) is 8.52. The van der Waals surface area contributed by atoms with Gasteiger partial charge >= 0.3 is 0 Å². The molecular formula is C25H28N2O5. The molecule has 0 spiro atoms. The number of hydrogen-bond donors (Lipinski definition) is 1. The number of likely N-dealkylation sites (N-methyl/N-ethyl adjacent to an activating group) is 1. The van der Waals surface area contributed by atoms with Gasteiger partial charge in [0.15, 0.2) is 0 Å². The molecule has 7 nitrogen and oxygen atoms in total. The van der Waals surface area contributed by atoms with Crippen LogP contribution >= 0.6 is 0 Å². The number of Topliss-reactive ketones (excluding diaryl/α,β-unsaturated/α-hetero) is 1. The lowest BCUT2D eigenvalue weighted by Gasteiger charge is -2.26. The number of likely N-dealkylation sites (tertiary alicyclic amines) is 1. The molecule has 2 aliphatic rings. The van der Waals surface area contributed by atoms with Gasteiger partial charge in [0.25, 0.3) is 11.7 Å². The van der Waals surface area contributed by atoms with E-state index in [4.69, 9.17) is 9.47 Å². The van der Waals surface area contributed by atoms with Crippen LogP contribution in [0, 0.1) is 0 Å². The Morgan fingerprint density at radius 3 is 2.56 bits per heavy atom. The molecule has 0 aliphatic carbocycles. The zero-order valence-electron chi connectivity index (χ0n) is 18.8. The molecule has 4 rings (SSSR count). The number of hydrogen-bond acceptors (Lipinski definition) is 6. The Morgan fingerprint density at radius 1 is 1.19 bits per heavy atom. The molecule has 0 unspecified atom stereocenters. The number of methoxy groups -OCH3 is 1. The summed E-state index contributed by atoms with van der Waals surface area (Å²) in [7, 11) is 5.40. The molecule has 2 atom stereocenters. The molecule has 7 heteroatoms. The number of ketones is 1. The highest BCUT2D eigenvalue weighted by atomic mass is 16.5. The molecular weight excluding hydrogens is 408 g/mol. The maximum Gasteiger partial charge on any atom is 0.295 e. The van der Waals surface area contributed by atoms with Gasteiger partial charge in [0.2, 0.25) is 0 Å². The van der Waals surface area contributed by atoms with Gasteiger partial charge < -0.3 is 24.4 Å². The minimum absolute atomic E-state index is 0.0679. The van der Waals surface area contributed by atoms with Gasteiger partial charge in [0.1, 0.15) is 23.4 Å². The fourth-order valence-corrected chi connectivity index (χ4v) is 4.28. The summed E-state index contributed by atoms with van der Waals surface area (Å²) in [5.74, 6) is 0.0114. The number of carbonyl (C=O) groups is 2. The average molecular weight is 437 g/mol. The molecule has 2 aromatic carbocycles. The fourth-order valence-electron chi connectivity index (χ4n) is 4.28. The van der Waals surface area contributed by atoms with E-state index in [1.54, 1.807) is 31.4 Å². The average Bonchev–Trinajstić information content (AvgIpc) is 3.27. The maximum atomic E-state index is 13.1. The SMILES string of the molecule is COc1ccc([C@@H]2C(=C(O)c3ccc4c(c3)C[C@H](C)O4)C(=O)C(=O)N2CCN(C)C)cc1. The van der Waals surface area contributed by atoms with E-state index in [2.05, 4.69) is 0 Å². The summed E-state index contributed by atoms with van der Waals surface area (Å²) in [4.78, 5) is 29.6. The molecule has 168 valence electrons. The summed E-state index contributed by atoms with van der Waals surface area (Å²) in [6.07, 6.45) is 0.800. The third-order valence-corrected chi connectivity index (χ3v) is 5.93. The molecule has 0 aromatic heterocycles. The Hall–Kier alpha value is -3.32. The van der Waals surface area contributed by atoms with Crippen LogP contribution < -0.4 is 9.47 Å². The van der Waals surface area contributed by atoms with Crippen molar-refractivity contribution in [3.05, 3.63) is 64.7 Å². The van der Waals surface area contributed by atoms with Crippen molar-refractivity contribution in [2.45, 2.75) is 25.5 Å². The molecule has 32 heavy (non-hydrogen) atoms. The molecule has 1 saturated heterocycles. The molecule has 1 N–H and O–H groups in total. The molecule has 2 aliphatic heterocycles. The highest BCUT2D eigenvalue weighted by Crippen LogP contribution is 2.40. The highest BCUT2D eigenvalue weighted by Gasteiger charge is 2.46. The first-order chi connectivity index (χ1) is 15.3. The lowest BCUT2D eigenvalue weighted by atomic mass is 9.94. The third-order valence-electron chi connectivity index (χ3n) is 5.93. The minimum Gasteiger partial charge on any atom is -0.507 e. The van der Waals surface area contributed by atoms with E-state index in [0.29, 0.717) is 24.4 Å². The monoisotopic (exact) mass is 436 g/mol. The summed E-state index contributed by atoms with van der Waals surface area (Å²) >= 11 is 0. The zero-order chi connectivity index (χ0) is 23.0. The van der Waals surface area contributed by atoms with Crippen LogP contribution in [-0.4, -0.2) is 67.0 Å². The van der Waals surface area contributed by atoms with Crippen LogP contribution in [0.15, 0.2) is 48.0 Å². The summed E-state index contributed by atoms with van der Waals surface area (Å²) in [5.41, 5.74) is 2.32. The van der Waals surface area contributed by atoms with Crippen molar-refractivity contribution < 1.29 is 24.2 Å². The van der Waals surface area contributed by atoms with Crippen molar-refractivity contribution in [2.24, 2.45) is 0 Å². The molecule has 0 radical (unpaired) electrons. The van der Waals surface area contributed by atoms with Crippen LogP contribution in [0.5, 0.6) is 11.5 Å². The largest absolute Gasteiger partial charge is 0.507 e. The smallest absolute Gasteiger partial charge is 0.295 e. The van der Waals surface area contributed by atoms with E-state index in [1.165, 1.54) is 4.90 Å². The standard InChI is InChI=1S/C25H28N2O5/c1-15-13-18-14-17(7-10-20(18)32-15)23(28)21-22(16-5-8-19(31-4)9-6-16)27(12-11-26(2)3)25(30)24(21)29/h5-10,14-15,22,28H,11-13H2,1-4H3/t15-,22+/m0/s1. The number of benzene rings is 2. The molecule has 0 bridgehead atoms. The van der Waals surface area contributed by atoms with Gasteiger partial charge in [-0.05, 0) is 62.5 Å². The van der Waals surface area contributed by atoms with Gasteiger partial charge in [-0.3, -0.25) is 9.59 Å². The van der Waals surface area contributed by atoms with Crippen LogP contribution in [0.1, 0.15) is 29.7 Å². The zero-order valence-corrected chi connectivity index (χ0v) is 18.8. The predicted octanol–water partition coefficient (Wildman–Crippen LogP) is 3.00. The second kappa shape index (κ2) is 8.67. The van der Waals surface area contributed by atoms with Crippen LogP contribution in [-0.2, 0) is 16.0 Å². The number of rotatable bonds is 6. The van der Waals surface area contributed by atoms with E-state index >= 15 is 0 Å². The van der Waals surface area contributed by atoms with Gasteiger partial charge in [-0.15, -0.1) is 0 Å². The van der Waals surface area contributed by atoms with Crippen LogP contribution in [0.2, 0.25) is 0 Å². The summed E-state index contributed by atoms with van der Waals surface area (Å²) in [6, 6.07) is 11.9.